The quantitative estimate of drug-likeness (QED) is 0.637. The lowest BCUT2D eigenvalue weighted by atomic mass is 10.0. The third-order valence-electron chi connectivity index (χ3n) is 1.55. The normalized spacial score (nSPS) is 15.9. The van der Waals surface area contributed by atoms with Crippen molar-refractivity contribution in [3.8, 4) is 6.07 Å². The number of allylic oxidation sites excluding steroid dienone is 4. The fraction of sp³-hybridized carbons (Fsp3) is 0.333. The van der Waals surface area contributed by atoms with Gasteiger partial charge in [0.2, 0.25) is 0 Å². The predicted octanol–water partition coefficient (Wildman–Crippen LogP) is 2.20. The minimum atomic E-state index is 0.545. The Balaban J connectivity index is 2.52. The van der Waals surface area contributed by atoms with Crippen LogP contribution < -0.4 is 0 Å². The molecule has 1 rings (SSSR count). The molecule has 0 aromatic rings. The SMILES string of the molecule is N#CCCC1=CC(=N)CC=C1. The van der Waals surface area contributed by atoms with E-state index in [2.05, 4.69) is 6.07 Å². The topological polar surface area (TPSA) is 47.6 Å². The molecule has 0 radical (unpaired) electrons. The molecule has 1 aliphatic rings. The van der Waals surface area contributed by atoms with Gasteiger partial charge in [-0.05, 0) is 18.1 Å². The highest BCUT2D eigenvalue weighted by molar-refractivity contribution is 5.95. The molecule has 0 saturated heterocycles. The van der Waals surface area contributed by atoms with Crippen LogP contribution in [0.25, 0.3) is 0 Å². The Bertz CT molecular complexity index is 253. The van der Waals surface area contributed by atoms with Crippen molar-refractivity contribution in [1.29, 1.82) is 10.7 Å². The van der Waals surface area contributed by atoms with Gasteiger partial charge in [0, 0.05) is 18.6 Å². The summed E-state index contributed by atoms with van der Waals surface area (Å²) in [7, 11) is 0. The lowest BCUT2D eigenvalue weighted by molar-refractivity contribution is 1.01. The van der Waals surface area contributed by atoms with Crippen LogP contribution in [0.4, 0.5) is 0 Å². The van der Waals surface area contributed by atoms with Gasteiger partial charge in [-0.2, -0.15) is 5.26 Å². The van der Waals surface area contributed by atoms with Gasteiger partial charge in [0.15, 0.2) is 0 Å². The largest absolute Gasteiger partial charge is 0.305 e. The molecule has 2 heteroatoms. The van der Waals surface area contributed by atoms with Gasteiger partial charge in [-0.15, -0.1) is 0 Å². The molecule has 0 aliphatic heterocycles. The molecule has 0 heterocycles. The number of rotatable bonds is 2. The van der Waals surface area contributed by atoms with E-state index in [0.717, 1.165) is 18.4 Å². The predicted molar refractivity (Wildman–Crippen MR) is 44.4 cm³/mol. The van der Waals surface area contributed by atoms with E-state index in [1.54, 1.807) is 0 Å². The summed E-state index contributed by atoms with van der Waals surface area (Å²) in [6.07, 6.45) is 7.86. The highest BCUT2D eigenvalue weighted by Gasteiger charge is 1.99. The highest BCUT2D eigenvalue weighted by Crippen LogP contribution is 2.12. The zero-order chi connectivity index (χ0) is 8.10. The van der Waals surface area contributed by atoms with Gasteiger partial charge >= 0.3 is 0 Å². The monoisotopic (exact) mass is 146 g/mol. The molecule has 56 valence electrons. The van der Waals surface area contributed by atoms with Crippen LogP contribution in [0, 0.1) is 16.7 Å². The molecule has 0 amide bonds. The van der Waals surface area contributed by atoms with E-state index in [9.17, 15) is 0 Å². The number of nitrogens with one attached hydrogen (secondary N) is 1. The Morgan fingerprint density at radius 2 is 2.45 bits per heavy atom. The first-order valence-electron chi connectivity index (χ1n) is 3.64. The lowest BCUT2D eigenvalue weighted by Gasteiger charge is -2.04. The van der Waals surface area contributed by atoms with Gasteiger partial charge in [0.1, 0.15) is 0 Å². The van der Waals surface area contributed by atoms with E-state index < -0.39 is 0 Å². The number of hydrogen-bond donors (Lipinski definition) is 1. The summed E-state index contributed by atoms with van der Waals surface area (Å²) in [6, 6.07) is 2.08. The van der Waals surface area contributed by atoms with Crippen LogP contribution in [0.1, 0.15) is 19.3 Å². The summed E-state index contributed by atoms with van der Waals surface area (Å²) < 4.78 is 0. The Morgan fingerprint density at radius 3 is 3.09 bits per heavy atom. The maximum absolute atomic E-state index is 8.31. The van der Waals surface area contributed by atoms with Crippen LogP contribution in [0.15, 0.2) is 23.8 Å². The fourth-order valence-electron chi connectivity index (χ4n) is 1.02. The van der Waals surface area contributed by atoms with Gasteiger partial charge in [0.25, 0.3) is 0 Å². The highest BCUT2D eigenvalue weighted by atomic mass is 14.4. The second-order valence-electron chi connectivity index (χ2n) is 2.51. The van der Waals surface area contributed by atoms with Crippen molar-refractivity contribution in [2.24, 2.45) is 0 Å². The molecule has 0 atom stereocenters. The Labute approximate surface area is 66.4 Å². The van der Waals surface area contributed by atoms with Crippen LogP contribution >= 0.6 is 0 Å². The Morgan fingerprint density at radius 1 is 1.64 bits per heavy atom. The fourth-order valence-corrected chi connectivity index (χ4v) is 1.02. The minimum absolute atomic E-state index is 0.545. The molecule has 2 nitrogen and oxygen atoms in total. The van der Waals surface area contributed by atoms with Gasteiger partial charge in [0.05, 0.1) is 6.07 Å². The molecule has 0 fully saturated rings. The molecule has 0 saturated carbocycles. The maximum atomic E-state index is 8.31. The van der Waals surface area contributed by atoms with Crippen molar-refractivity contribution in [1.82, 2.24) is 0 Å². The van der Waals surface area contributed by atoms with Crippen molar-refractivity contribution in [2.75, 3.05) is 0 Å². The molecule has 0 aromatic heterocycles. The number of hydrogen-bond acceptors (Lipinski definition) is 2. The van der Waals surface area contributed by atoms with Crippen LogP contribution in [0.5, 0.6) is 0 Å². The van der Waals surface area contributed by atoms with Crippen LogP contribution in [-0.2, 0) is 0 Å². The second-order valence-corrected chi connectivity index (χ2v) is 2.51. The first kappa shape index (κ1) is 7.74. The molecule has 1 aliphatic carbocycles. The molecule has 0 aromatic carbocycles. The van der Waals surface area contributed by atoms with E-state index in [1.165, 1.54) is 0 Å². The standard InChI is InChI=1S/C9H10N2/c10-6-2-4-8-3-1-5-9(11)7-8/h1,3,7,11H,2,4-5H2. The number of nitriles is 1. The average molecular weight is 146 g/mol. The first-order chi connectivity index (χ1) is 5.33. The zero-order valence-corrected chi connectivity index (χ0v) is 6.30. The van der Waals surface area contributed by atoms with Crippen LogP contribution in [-0.4, -0.2) is 5.71 Å². The summed E-state index contributed by atoms with van der Waals surface area (Å²) in [5, 5.41) is 15.7. The molecule has 0 unspecified atom stereocenters. The van der Waals surface area contributed by atoms with Crippen molar-refractivity contribution in [2.45, 2.75) is 19.3 Å². The summed E-state index contributed by atoms with van der Waals surface area (Å²) in [5.74, 6) is 0. The minimum Gasteiger partial charge on any atom is -0.305 e. The van der Waals surface area contributed by atoms with E-state index in [4.69, 9.17) is 10.7 Å². The Kier molecular flexibility index (Phi) is 2.62. The molecular formula is C9H10N2. The summed E-state index contributed by atoms with van der Waals surface area (Å²) in [6.45, 7) is 0. The molecule has 11 heavy (non-hydrogen) atoms. The Hall–Kier alpha value is -1.36. The third-order valence-corrected chi connectivity index (χ3v) is 1.55. The smallest absolute Gasteiger partial charge is 0.0625 e. The summed E-state index contributed by atoms with van der Waals surface area (Å²) in [4.78, 5) is 0. The number of nitrogens with zero attached hydrogens (tertiary/aromatic N) is 1. The van der Waals surface area contributed by atoms with Gasteiger partial charge < -0.3 is 5.41 Å². The first-order valence-corrected chi connectivity index (χ1v) is 3.64. The van der Waals surface area contributed by atoms with Crippen molar-refractivity contribution in [3.63, 3.8) is 0 Å². The van der Waals surface area contributed by atoms with Crippen molar-refractivity contribution in [3.05, 3.63) is 23.8 Å². The summed E-state index contributed by atoms with van der Waals surface area (Å²) in [5.41, 5.74) is 1.74. The molecule has 0 spiro atoms. The molecular weight excluding hydrogens is 136 g/mol. The van der Waals surface area contributed by atoms with Crippen LogP contribution in [0.3, 0.4) is 0 Å². The van der Waals surface area contributed by atoms with Crippen molar-refractivity contribution >= 4 is 5.71 Å². The summed E-state index contributed by atoms with van der Waals surface area (Å²) >= 11 is 0. The third kappa shape index (κ3) is 2.38. The van der Waals surface area contributed by atoms with E-state index in [1.807, 2.05) is 18.2 Å². The van der Waals surface area contributed by atoms with E-state index in [-0.39, 0.29) is 0 Å². The molecule has 0 bridgehead atoms. The lowest BCUT2D eigenvalue weighted by Crippen LogP contribution is -1.95. The zero-order valence-electron chi connectivity index (χ0n) is 6.30. The van der Waals surface area contributed by atoms with Crippen molar-refractivity contribution < 1.29 is 0 Å². The van der Waals surface area contributed by atoms with E-state index >= 15 is 0 Å². The average Bonchev–Trinajstić information content (AvgIpc) is 2.01. The van der Waals surface area contributed by atoms with Gasteiger partial charge in [-0.1, -0.05) is 12.2 Å². The maximum Gasteiger partial charge on any atom is 0.0625 e. The van der Waals surface area contributed by atoms with Gasteiger partial charge in [-0.3, -0.25) is 0 Å². The van der Waals surface area contributed by atoms with E-state index in [0.29, 0.717) is 12.1 Å². The second kappa shape index (κ2) is 3.72. The van der Waals surface area contributed by atoms with Gasteiger partial charge in [-0.25, -0.2) is 0 Å². The molecule has 1 N–H and O–H groups in total. The van der Waals surface area contributed by atoms with Crippen LogP contribution in [0.2, 0.25) is 0 Å².